The van der Waals surface area contributed by atoms with Gasteiger partial charge in [-0.25, -0.2) is 4.98 Å². The molecule has 0 bridgehead atoms. The van der Waals surface area contributed by atoms with Crippen LogP contribution in [0.4, 0.5) is 11.4 Å². The van der Waals surface area contributed by atoms with E-state index in [1.807, 2.05) is 25.6 Å². The molecular weight excluding hydrogens is 373 g/mol. The highest BCUT2D eigenvalue weighted by molar-refractivity contribution is 6.32. The van der Waals surface area contributed by atoms with Crippen LogP contribution in [0.15, 0.2) is 55.0 Å². The zero-order valence-electron chi connectivity index (χ0n) is 17.5. The van der Waals surface area contributed by atoms with Crippen LogP contribution in [0.5, 0.6) is 5.75 Å². The van der Waals surface area contributed by atoms with Gasteiger partial charge in [0.15, 0.2) is 0 Å². The average Bonchev–Trinajstić information content (AvgIpc) is 3.48. The zero-order chi connectivity index (χ0) is 20.7. The molecule has 6 nitrogen and oxygen atoms in total. The quantitative estimate of drug-likeness (QED) is 0.469. The minimum absolute atomic E-state index is 0.736. The fourth-order valence-corrected chi connectivity index (χ4v) is 3.78. The molecule has 150 valence electrons. The lowest BCUT2D eigenvalue weighted by atomic mass is 9.95. The number of ether oxygens (including phenoxy) is 1. The number of hydrogen-bond donors (Lipinski definition) is 0. The fraction of sp³-hybridized carbons (Fsp3) is 0.261. The van der Waals surface area contributed by atoms with E-state index >= 15 is 0 Å². The maximum absolute atomic E-state index is 5.52. The largest absolute Gasteiger partial charge is 0.497 e. The summed E-state index contributed by atoms with van der Waals surface area (Å²) in [5, 5.41) is 4.25. The van der Waals surface area contributed by atoms with Crippen molar-refractivity contribution in [2.45, 2.75) is 12.8 Å². The molecule has 1 aliphatic rings. The predicted octanol–water partition coefficient (Wildman–Crippen LogP) is 2.85. The topological polar surface area (TPSA) is 56.1 Å². The summed E-state index contributed by atoms with van der Waals surface area (Å²) >= 11 is 0. The SMILES string of the molecule is Bc1cc(OC)cc(N(CC2CC2)c2ccc3ncc(-c4cnn(C)c4)nc3c2)c1. The summed E-state index contributed by atoms with van der Waals surface area (Å²) in [7, 11) is 5.73. The molecule has 0 atom stereocenters. The van der Waals surface area contributed by atoms with E-state index in [1.54, 1.807) is 11.8 Å². The van der Waals surface area contributed by atoms with Gasteiger partial charge in [-0.3, -0.25) is 9.67 Å². The van der Waals surface area contributed by atoms with E-state index in [0.29, 0.717) is 0 Å². The predicted molar refractivity (Wildman–Crippen MR) is 123 cm³/mol. The highest BCUT2D eigenvalue weighted by Crippen LogP contribution is 2.36. The molecular formula is C23H24BN5O. The van der Waals surface area contributed by atoms with E-state index in [1.165, 1.54) is 18.3 Å². The molecule has 1 fully saturated rings. The number of rotatable bonds is 6. The normalized spacial score (nSPS) is 13.5. The molecule has 0 N–H and O–H groups in total. The molecule has 0 radical (unpaired) electrons. The third-order valence-electron chi connectivity index (χ3n) is 5.56. The Morgan fingerprint density at radius 3 is 2.70 bits per heavy atom. The molecule has 0 unspecified atom stereocenters. The van der Waals surface area contributed by atoms with Gasteiger partial charge >= 0.3 is 0 Å². The molecule has 7 heteroatoms. The van der Waals surface area contributed by atoms with Crippen LogP contribution >= 0.6 is 0 Å². The number of anilines is 2. The molecule has 2 aromatic carbocycles. The summed E-state index contributed by atoms with van der Waals surface area (Å²) in [6, 6.07) is 12.7. The standard InChI is InChI=1S/C23H24BN5O/c1-28-14-16(11-26-28)23-12-25-21-6-5-18(10-22(21)27-23)29(13-15-3-4-15)19-7-17(24)8-20(9-19)30-2/h5-12,14-15H,3-4,13,24H2,1-2H3. The number of nitrogens with zero attached hydrogens (tertiary/aromatic N) is 5. The Bertz CT molecular complexity index is 1220. The van der Waals surface area contributed by atoms with Crippen molar-refractivity contribution in [1.82, 2.24) is 19.7 Å². The van der Waals surface area contributed by atoms with Crippen LogP contribution in [0.2, 0.25) is 0 Å². The number of aryl methyl sites for hydroxylation is 1. The Hall–Kier alpha value is -3.35. The minimum Gasteiger partial charge on any atom is -0.497 e. The van der Waals surface area contributed by atoms with Gasteiger partial charge in [0.1, 0.15) is 13.6 Å². The average molecular weight is 397 g/mol. The van der Waals surface area contributed by atoms with Gasteiger partial charge in [0, 0.05) is 42.8 Å². The second kappa shape index (κ2) is 7.48. The van der Waals surface area contributed by atoms with Gasteiger partial charge in [0.2, 0.25) is 0 Å². The van der Waals surface area contributed by atoms with Crippen molar-refractivity contribution in [3.63, 3.8) is 0 Å². The smallest absolute Gasteiger partial charge is 0.139 e. The van der Waals surface area contributed by atoms with Crippen LogP contribution in [0.25, 0.3) is 22.3 Å². The Kier molecular flexibility index (Phi) is 4.66. The lowest BCUT2D eigenvalue weighted by Crippen LogP contribution is -2.21. The van der Waals surface area contributed by atoms with E-state index in [2.05, 4.69) is 59.2 Å². The first kappa shape index (κ1) is 18.7. The summed E-state index contributed by atoms with van der Waals surface area (Å²) in [4.78, 5) is 11.9. The molecule has 2 aromatic heterocycles. The maximum Gasteiger partial charge on any atom is 0.139 e. The van der Waals surface area contributed by atoms with E-state index < -0.39 is 0 Å². The highest BCUT2D eigenvalue weighted by atomic mass is 16.5. The molecule has 0 amide bonds. The van der Waals surface area contributed by atoms with E-state index in [4.69, 9.17) is 9.72 Å². The molecule has 1 saturated carbocycles. The third kappa shape index (κ3) is 3.75. The van der Waals surface area contributed by atoms with Gasteiger partial charge < -0.3 is 9.64 Å². The van der Waals surface area contributed by atoms with Crippen LogP contribution in [-0.4, -0.2) is 41.2 Å². The van der Waals surface area contributed by atoms with Gasteiger partial charge in [-0.05, 0) is 49.1 Å². The number of fused-ring (bicyclic) bond motifs is 1. The molecule has 1 aliphatic carbocycles. The molecule has 5 rings (SSSR count). The molecule has 0 aliphatic heterocycles. The molecule has 4 aromatic rings. The summed E-state index contributed by atoms with van der Waals surface area (Å²) in [6.45, 7) is 0.994. The first-order valence-electron chi connectivity index (χ1n) is 10.3. The van der Waals surface area contributed by atoms with Gasteiger partial charge in [-0.1, -0.05) is 5.46 Å². The second-order valence-electron chi connectivity index (χ2n) is 8.09. The van der Waals surface area contributed by atoms with Crippen molar-refractivity contribution in [3.05, 3.63) is 55.0 Å². The summed E-state index contributed by atoms with van der Waals surface area (Å²) in [5.41, 5.74) is 7.03. The van der Waals surface area contributed by atoms with Gasteiger partial charge in [0.05, 0.1) is 36.2 Å². The zero-order valence-corrected chi connectivity index (χ0v) is 17.5. The van der Waals surface area contributed by atoms with Crippen molar-refractivity contribution in [1.29, 1.82) is 0 Å². The van der Waals surface area contributed by atoms with Crippen molar-refractivity contribution in [2.75, 3.05) is 18.6 Å². The summed E-state index contributed by atoms with van der Waals surface area (Å²) in [6.07, 6.45) is 8.17. The van der Waals surface area contributed by atoms with Crippen LogP contribution in [0.3, 0.4) is 0 Å². The number of aromatic nitrogens is 4. The first-order valence-corrected chi connectivity index (χ1v) is 10.3. The highest BCUT2D eigenvalue weighted by Gasteiger charge is 2.26. The Balaban J connectivity index is 1.58. The van der Waals surface area contributed by atoms with E-state index in [0.717, 1.165) is 51.9 Å². The van der Waals surface area contributed by atoms with Gasteiger partial charge in [-0.2, -0.15) is 5.10 Å². The van der Waals surface area contributed by atoms with E-state index in [-0.39, 0.29) is 0 Å². The van der Waals surface area contributed by atoms with Crippen molar-refractivity contribution < 1.29 is 4.74 Å². The summed E-state index contributed by atoms with van der Waals surface area (Å²) in [5.74, 6) is 1.62. The monoisotopic (exact) mass is 397 g/mol. The Labute approximate surface area is 176 Å². The lowest BCUT2D eigenvalue weighted by molar-refractivity contribution is 0.415. The van der Waals surface area contributed by atoms with E-state index in [9.17, 15) is 0 Å². The minimum atomic E-state index is 0.736. The van der Waals surface area contributed by atoms with Gasteiger partial charge in [-0.15, -0.1) is 0 Å². The Morgan fingerprint density at radius 1 is 1.10 bits per heavy atom. The van der Waals surface area contributed by atoms with Crippen molar-refractivity contribution >= 4 is 35.7 Å². The van der Waals surface area contributed by atoms with Crippen molar-refractivity contribution in [2.24, 2.45) is 13.0 Å². The lowest BCUT2D eigenvalue weighted by Gasteiger charge is -2.26. The van der Waals surface area contributed by atoms with Crippen molar-refractivity contribution in [3.8, 4) is 17.0 Å². The Morgan fingerprint density at radius 2 is 1.97 bits per heavy atom. The molecule has 30 heavy (non-hydrogen) atoms. The second-order valence-corrected chi connectivity index (χ2v) is 8.09. The summed E-state index contributed by atoms with van der Waals surface area (Å²) < 4.78 is 7.30. The third-order valence-corrected chi connectivity index (χ3v) is 5.56. The van der Waals surface area contributed by atoms with Gasteiger partial charge in [0.25, 0.3) is 0 Å². The molecule has 0 saturated heterocycles. The van der Waals surface area contributed by atoms with Crippen LogP contribution in [0, 0.1) is 5.92 Å². The number of hydrogen-bond acceptors (Lipinski definition) is 5. The molecule has 2 heterocycles. The molecule has 0 spiro atoms. The van der Waals surface area contributed by atoms with Crippen LogP contribution in [-0.2, 0) is 7.05 Å². The van der Waals surface area contributed by atoms with Crippen LogP contribution < -0.4 is 15.1 Å². The fourth-order valence-electron chi connectivity index (χ4n) is 3.78. The maximum atomic E-state index is 5.52. The number of benzene rings is 2. The number of methoxy groups -OCH3 is 1. The first-order chi connectivity index (χ1) is 14.6. The van der Waals surface area contributed by atoms with Crippen LogP contribution in [0.1, 0.15) is 12.8 Å².